The molecule has 1 aromatic carbocycles. The van der Waals surface area contributed by atoms with Crippen molar-refractivity contribution < 1.29 is 9.90 Å². The molecule has 0 aliphatic heterocycles. The summed E-state index contributed by atoms with van der Waals surface area (Å²) in [5.74, 6) is 0.124. The summed E-state index contributed by atoms with van der Waals surface area (Å²) >= 11 is 1.79. The van der Waals surface area contributed by atoms with Gasteiger partial charge in [-0.25, -0.2) is 0 Å². The van der Waals surface area contributed by atoms with Gasteiger partial charge >= 0.3 is 5.97 Å². The average molecular weight is 267 g/mol. The Morgan fingerprint density at radius 2 is 2.06 bits per heavy atom. The van der Waals surface area contributed by atoms with Gasteiger partial charge in [0.2, 0.25) is 0 Å². The van der Waals surface area contributed by atoms with E-state index in [2.05, 4.69) is 24.4 Å². The SMILES string of the molecule is CNC(C)(CC(C)SCc1ccccc1)C(=O)O. The molecule has 1 rings (SSSR count). The van der Waals surface area contributed by atoms with E-state index >= 15 is 0 Å². The van der Waals surface area contributed by atoms with Crippen molar-refractivity contribution >= 4 is 17.7 Å². The van der Waals surface area contributed by atoms with Crippen LogP contribution in [0.15, 0.2) is 30.3 Å². The van der Waals surface area contributed by atoms with Gasteiger partial charge in [0.1, 0.15) is 5.54 Å². The summed E-state index contributed by atoms with van der Waals surface area (Å²) in [5.41, 5.74) is 0.430. The zero-order valence-electron chi connectivity index (χ0n) is 11.1. The lowest BCUT2D eigenvalue weighted by Crippen LogP contribution is -2.49. The number of hydrogen-bond acceptors (Lipinski definition) is 3. The number of carboxylic acids is 1. The van der Waals surface area contributed by atoms with Crippen molar-refractivity contribution in [3.05, 3.63) is 35.9 Å². The van der Waals surface area contributed by atoms with Gasteiger partial charge in [-0.15, -0.1) is 0 Å². The van der Waals surface area contributed by atoms with E-state index < -0.39 is 11.5 Å². The number of aliphatic carboxylic acids is 1. The lowest BCUT2D eigenvalue weighted by atomic mass is 9.96. The number of nitrogens with one attached hydrogen (secondary N) is 1. The largest absolute Gasteiger partial charge is 0.480 e. The molecule has 0 aliphatic carbocycles. The third kappa shape index (κ3) is 4.35. The van der Waals surface area contributed by atoms with E-state index in [9.17, 15) is 9.90 Å². The summed E-state index contributed by atoms with van der Waals surface area (Å²) in [6, 6.07) is 10.2. The van der Waals surface area contributed by atoms with Crippen molar-refractivity contribution in [2.24, 2.45) is 0 Å². The Bertz CT molecular complexity index is 383. The van der Waals surface area contributed by atoms with Crippen LogP contribution >= 0.6 is 11.8 Å². The first-order valence-corrected chi connectivity index (χ1v) is 7.10. The van der Waals surface area contributed by atoms with E-state index in [4.69, 9.17) is 0 Å². The van der Waals surface area contributed by atoms with Gasteiger partial charge in [-0.3, -0.25) is 4.79 Å². The lowest BCUT2D eigenvalue weighted by molar-refractivity contribution is -0.144. The van der Waals surface area contributed by atoms with E-state index in [-0.39, 0.29) is 0 Å². The van der Waals surface area contributed by atoms with Crippen LogP contribution in [0.2, 0.25) is 0 Å². The summed E-state index contributed by atoms with van der Waals surface area (Å²) in [7, 11) is 1.70. The fourth-order valence-electron chi connectivity index (χ4n) is 1.74. The molecule has 0 saturated heterocycles. The van der Waals surface area contributed by atoms with E-state index in [0.717, 1.165) is 5.75 Å². The maximum absolute atomic E-state index is 11.2. The molecule has 0 bridgehead atoms. The van der Waals surface area contributed by atoms with Crippen molar-refractivity contribution in [1.82, 2.24) is 5.32 Å². The number of rotatable bonds is 7. The Morgan fingerprint density at radius 1 is 1.44 bits per heavy atom. The van der Waals surface area contributed by atoms with Gasteiger partial charge in [-0.05, 0) is 26.0 Å². The molecule has 0 fully saturated rings. The van der Waals surface area contributed by atoms with E-state index in [0.29, 0.717) is 11.7 Å². The molecule has 0 spiro atoms. The number of hydrogen-bond donors (Lipinski definition) is 2. The van der Waals surface area contributed by atoms with Crippen LogP contribution in [0, 0.1) is 0 Å². The molecule has 0 aliphatic rings. The molecule has 2 unspecified atom stereocenters. The Labute approximate surface area is 113 Å². The normalized spacial score (nSPS) is 15.9. The summed E-state index contributed by atoms with van der Waals surface area (Å²) in [6.45, 7) is 3.81. The number of carbonyl (C=O) groups is 1. The van der Waals surface area contributed by atoms with Crippen LogP contribution in [0.25, 0.3) is 0 Å². The van der Waals surface area contributed by atoms with Gasteiger partial charge in [-0.1, -0.05) is 37.3 Å². The summed E-state index contributed by atoms with van der Waals surface area (Å²) in [4.78, 5) is 11.2. The molecular weight excluding hydrogens is 246 g/mol. The first-order chi connectivity index (χ1) is 8.48. The summed E-state index contributed by atoms with van der Waals surface area (Å²) in [6.07, 6.45) is 0.607. The fourth-order valence-corrected chi connectivity index (χ4v) is 2.86. The molecule has 0 amide bonds. The minimum absolute atomic E-state index is 0.291. The summed E-state index contributed by atoms with van der Waals surface area (Å²) in [5, 5.41) is 12.4. The molecule has 0 saturated carbocycles. The van der Waals surface area contributed by atoms with Crippen LogP contribution in [-0.2, 0) is 10.5 Å². The van der Waals surface area contributed by atoms with Crippen LogP contribution in [0.5, 0.6) is 0 Å². The molecule has 0 aromatic heterocycles. The monoisotopic (exact) mass is 267 g/mol. The maximum atomic E-state index is 11.2. The quantitative estimate of drug-likeness (QED) is 0.797. The van der Waals surface area contributed by atoms with Crippen LogP contribution in [0.3, 0.4) is 0 Å². The lowest BCUT2D eigenvalue weighted by Gasteiger charge is -2.27. The molecule has 2 N–H and O–H groups in total. The average Bonchev–Trinajstić information content (AvgIpc) is 2.37. The second-order valence-electron chi connectivity index (χ2n) is 4.70. The van der Waals surface area contributed by atoms with Crippen molar-refractivity contribution in [2.75, 3.05) is 7.05 Å². The minimum Gasteiger partial charge on any atom is -0.480 e. The van der Waals surface area contributed by atoms with Gasteiger partial charge in [0.25, 0.3) is 0 Å². The minimum atomic E-state index is -0.844. The maximum Gasteiger partial charge on any atom is 0.323 e. The third-order valence-electron chi connectivity index (χ3n) is 3.10. The molecular formula is C14H21NO2S. The molecule has 3 nitrogen and oxygen atoms in total. The summed E-state index contributed by atoms with van der Waals surface area (Å²) < 4.78 is 0. The Morgan fingerprint density at radius 3 is 2.56 bits per heavy atom. The predicted molar refractivity (Wildman–Crippen MR) is 76.9 cm³/mol. The predicted octanol–water partition coefficient (Wildman–Crippen LogP) is 2.76. The van der Waals surface area contributed by atoms with Crippen LogP contribution in [-0.4, -0.2) is 28.9 Å². The highest BCUT2D eigenvalue weighted by atomic mass is 32.2. The molecule has 4 heteroatoms. The first kappa shape index (κ1) is 15.1. The molecule has 1 aromatic rings. The van der Waals surface area contributed by atoms with Gasteiger partial charge < -0.3 is 10.4 Å². The van der Waals surface area contributed by atoms with Crippen molar-refractivity contribution in [3.63, 3.8) is 0 Å². The molecule has 18 heavy (non-hydrogen) atoms. The Balaban J connectivity index is 2.47. The van der Waals surface area contributed by atoms with Gasteiger partial charge in [-0.2, -0.15) is 11.8 Å². The first-order valence-electron chi connectivity index (χ1n) is 6.06. The van der Waals surface area contributed by atoms with E-state index in [1.165, 1.54) is 5.56 Å². The second kappa shape index (κ2) is 6.81. The fraction of sp³-hybridized carbons (Fsp3) is 0.500. The molecule has 100 valence electrons. The van der Waals surface area contributed by atoms with E-state index in [1.54, 1.807) is 25.7 Å². The van der Waals surface area contributed by atoms with Gasteiger partial charge in [0.15, 0.2) is 0 Å². The molecule has 0 radical (unpaired) electrons. The van der Waals surface area contributed by atoms with E-state index in [1.807, 2.05) is 18.2 Å². The molecule has 0 heterocycles. The second-order valence-corrected chi connectivity index (χ2v) is 6.13. The number of thioether (sulfide) groups is 1. The zero-order valence-corrected chi connectivity index (χ0v) is 12.0. The van der Waals surface area contributed by atoms with Crippen molar-refractivity contribution in [3.8, 4) is 0 Å². The topological polar surface area (TPSA) is 49.3 Å². The highest BCUT2D eigenvalue weighted by Gasteiger charge is 2.32. The Hall–Kier alpha value is -1.00. The third-order valence-corrected chi connectivity index (χ3v) is 4.33. The van der Waals surface area contributed by atoms with Crippen molar-refractivity contribution in [1.29, 1.82) is 0 Å². The van der Waals surface area contributed by atoms with Crippen LogP contribution in [0.1, 0.15) is 25.8 Å². The molecule has 2 atom stereocenters. The highest BCUT2D eigenvalue weighted by Crippen LogP contribution is 2.25. The smallest absolute Gasteiger partial charge is 0.323 e. The Kier molecular flexibility index (Phi) is 5.69. The number of benzene rings is 1. The zero-order chi connectivity index (χ0) is 13.6. The highest BCUT2D eigenvalue weighted by molar-refractivity contribution is 7.99. The number of likely N-dealkylation sites (N-methyl/N-ethyl adjacent to an activating group) is 1. The van der Waals surface area contributed by atoms with Crippen LogP contribution in [0.4, 0.5) is 0 Å². The van der Waals surface area contributed by atoms with Gasteiger partial charge in [0, 0.05) is 11.0 Å². The van der Waals surface area contributed by atoms with Crippen molar-refractivity contribution in [2.45, 2.75) is 36.8 Å². The van der Waals surface area contributed by atoms with Crippen LogP contribution < -0.4 is 5.32 Å². The number of carboxylic acid groups (broad SMARTS) is 1. The standard InChI is InChI=1S/C14H21NO2S/c1-11(9-14(2,15-3)13(16)17)18-10-12-7-5-4-6-8-12/h4-8,11,15H,9-10H2,1-3H3,(H,16,17). The van der Waals surface area contributed by atoms with Gasteiger partial charge in [0.05, 0.1) is 0 Å².